The van der Waals surface area contributed by atoms with Gasteiger partial charge in [0.15, 0.2) is 0 Å². The summed E-state index contributed by atoms with van der Waals surface area (Å²) >= 11 is 0. The van der Waals surface area contributed by atoms with Crippen molar-refractivity contribution in [1.82, 2.24) is 0 Å². The Labute approximate surface area is 90.9 Å². The van der Waals surface area contributed by atoms with E-state index in [2.05, 4.69) is 6.07 Å². The molecule has 1 fully saturated rings. The molecule has 2 heteroatoms. The number of methoxy groups -OCH3 is 1. The van der Waals surface area contributed by atoms with Gasteiger partial charge in [0.05, 0.1) is 7.11 Å². The van der Waals surface area contributed by atoms with E-state index in [1.165, 1.54) is 18.4 Å². The van der Waals surface area contributed by atoms with Crippen LogP contribution < -0.4 is 4.74 Å². The molecule has 0 aliphatic heterocycles. The highest BCUT2D eigenvalue weighted by molar-refractivity contribution is 5.37. The third-order valence-corrected chi connectivity index (χ3v) is 3.17. The van der Waals surface area contributed by atoms with E-state index in [4.69, 9.17) is 9.84 Å². The van der Waals surface area contributed by atoms with Crippen LogP contribution in [0.25, 0.3) is 0 Å². The number of benzene rings is 1. The smallest absolute Gasteiger partial charge is 0.122 e. The first-order valence-corrected chi connectivity index (χ1v) is 5.60. The Morgan fingerprint density at radius 3 is 2.73 bits per heavy atom. The van der Waals surface area contributed by atoms with Crippen molar-refractivity contribution in [3.8, 4) is 5.75 Å². The molecule has 15 heavy (non-hydrogen) atoms. The molecule has 0 spiro atoms. The number of aliphatic hydroxyl groups is 1. The molecule has 1 aromatic rings. The molecule has 1 atom stereocenters. The first-order chi connectivity index (χ1) is 7.36. The number of aliphatic hydroxyl groups excluding tert-OH is 1. The van der Waals surface area contributed by atoms with Crippen LogP contribution in [-0.4, -0.2) is 18.8 Å². The fourth-order valence-electron chi connectivity index (χ4n) is 2.26. The second-order valence-corrected chi connectivity index (χ2v) is 4.20. The maximum absolute atomic E-state index is 9.10. The molecule has 1 saturated carbocycles. The van der Waals surface area contributed by atoms with Gasteiger partial charge >= 0.3 is 0 Å². The molecule has 0 amide bonds. The molecule has 2 nitrogen and oxygen atoms in total. The molecule has 0 aromatic heterocycles. The van der Waals surface area contributed by atoms with Gasteiger partial charge in [-0.2, -0.15) is 0 Å². The summed E-state index contributed by atoms with van der Waals surface area (Å²) < 4.78 is 5.37. The van der Waals surface area contributed by atoms with Gasteiger partial charge < -0.3 is 9.84 Å². The molecular formula is C13H18O2. The zero-order chi connectivity index (χ0) is 10.7. The van der Waals surface area contributed by atoms with Crippen molar-refractivity contribution in [2.75, 3.05) is 13.7 Å². The molecular weight excluding hydrogens is 188 g/mol. The zero-order valence-corrected chi connectivity index (χ0v) is 9.15. The van der Waals surface area contributed by atoms with Gasteiger partial charge in [-0.25, -0.2) is 0 Å². The summed E-state index contributed by atoms with van der Waals surface area (Å²) in [5.74, 6) is 2.20. The van der Waals surface area contributed by atoms with Gasteiger partial charge in [0.2, 0.25) is 0 Å². The van der Waals surface area contributed by atoms with E-state index in [1.807, 2.05) is 18.2 Å². The van der Waals surface area contributed by atoms with Gasteiger partial charge in [-0.3, -0.25) is 0 Å². The average molecular weight is 206 g/mol. The second-order valence-electron chi connectivity index (χ2n) is 4.20. The van der Waals surface area contributed by atoms with Crippen LogP contribution in [0.5, 0.6) is 5.75 Å². The van der Waals surface area contributed by atoms with E-state index in [0.29, 0.717) is 5.92 Å². The third-order valence-electron chi connectivity index (χ3n) is 3.17. The molecule has 1 unspecified atom stereocenters. The molecule has 0 radical (unpaired) electrons. The molecule has 0 bridgehead atoms. The molecule has 2 rings (SSSR count). The molecule has 0 saturated heterocycles. The van der Waals surface area contributed by atoms with Gasteiger partial charge in [-0.15, -0.1) is 0 Å². The number of hydrogen-bond acceptors (Lipinski definition) is 2. The Hall–Kier alpha value is -1.02. The first kappa shape index (κ1) is 10.5. The lowest BCUT2D eigenvalue weighted by atomic mass is 9.90. The Balaban J connectivity index is 2.23. The summed E-state index contributed by atoms with van der Waals surface area (Å²) in [7, 11) is 1.71. The van der Waals surface area contributed by atoms with Crippen LogP contribution in [0, 0.1) is 5.92 Å². The quantitative estimate of drug-likeness (QED) is 0.802. The van der Waals surface area contributed by atoms with Gasteiger partial charge in [0, 0.05) is 6.61 Å². The summed E-state index contributed by atoms with van der Waals surface area (Å²) in [6.45, 7) is 0.263. The number of para-hydroxylation sites is 1. The van der Waals surface area contributed by atoms with Crippen molar-refractivity contribution in [2.24, 2.45) is 5.92 Å². The fraction of sp³-hybridized carbons (Fsp3) is 0.538. The monoisotopic (exact) mass is 206 g/mol. The van der Waals surface area contributed by atoms with Crippen LogP contribution >= 0.6 is 0 Å². The van der Waals surface area contributed by atoms with Crippen molar-refractivity contribution < 1.29 is 9.84 Å². The summed E-state index contributed by atoms with van der Waals surface area (Å²) in [5.41, 5.74) is 1.26. The van der Waals surface area contributed by atoms with Crippen LogP contribution in [-0.2, 0) is 0 Å². The van der Waals surface area contributed by atoms with Crippen LogP contribution in [0.2, 0.25) is 0 Å². The molecule has 82 valence electrons. The lowest BCUT2D eigenvalue weighted by Gasteiger charge is -2.18. The third kappa shape index (κ3) is 2.32. The van der Waals surface area contributed by atoms with Crippen molar-refractivity contribution >= 4 is 0 Å². The van der Waals surface area contributed by atoms with Gasteiger partial charge in [0.1, 0.15) is 5.75 Å². The summed E-state index contributed by atoms with van der Waals surface area (Å²) in [6.07, 6.45) is 3.44. The Morgan fingerprint density at radius 1 is 1.40 bits per heavy atom. The molecule has 0 heterocycles. The minimum Gasteiger partial charge on any atom is -0.496 e. The molecule has 1 N–H and O–H groups in total. The summed E-state index contributed by atoms with van der Waals surface area (Å²) in [5, 5.41) is 9.10. The summed E-state index contributed by atoms with van der Waals surface area (Å²) in [4.78, 5) is 0. The van der Waals surface area contributed by atoms with Crippen LogP contribution in [0.1, 0.15) is 30.7 Å². The van der Waals surface area contributed by atoms with Crippen molar-refractivity contribution in [3.63, 3.8) is 0 Å². The van der Waals surface area contributed by atoms with Gasteiger partial charge in [0.25, 0.3) is 0 Å². The second kappa shape index (κ2) is 4.67. The Kier molecular flexibility index (Phi) is 3.27. The lowest BCUT2D eigenvalue weighted by molar-refractivity contribution is 0.268. The maximum atomic E-state index is 9.10. The number of hydrogen-bond donors (Lipinski definition) is 1. The van der Waals surface area contributed by atoms with Gasteiger partial charge in [-0.1, -0.05) is 18.2 Å². The maximum Gasteiger partial charge on any atom is 0.122 e. The zero-order valence-electron chi connectivity index (χ0n) is 9.15. The predicted molar refractivity (Wildman–Crippen MR) is 60.2 cm³/mol. The summed E-state index contributed by atoms with van der Waals surface area (Å²) in [6, 6.07) is 8.16. The van der Waals surface area contributed by atoms with E-state index in [1.54, 1.807) is 7.11 Å². The van der Waals surface area contributed by atoms with Gasteiger partial charge in [-0.05, 0) is 42.7 Å². The largest absolute Gasteiger partial charge is 0.496 e. The molecule has 1 aliphatic rings. The van der Waals surface area contributed by atoms with Crippen molar-refractivity contribution in [3.05, 3.63) is 29.8 Å². The first-order valence-electron chi connectivity index (χ1n) is 5.60. The van der Waals surface area contributed by atoms with Crippen molar-refractivity contribution in [1.29, 1.82) is 0 Å². The SMILES string of the molecule is COc1ccccc1C(CCO)C1CC1. The van der Waals surface area contributed by atoms with Crippen LogP contribution in [0.3, 0.4) is 0 Å². The Bertz CT molecular complexity index is 318. The highest BCUT2D eigenvalue weighted by Crippen LogP contribution is 2.46. The molecule has 1 aliphatic carbocycles. The standard InChI is InChI=1S/C13H18O2/c1-15-13-5-3-2-4-12(13)11(8-9-14)10-6-7-10/h2-5,10-11,14H,6-9H2,1H3. The molecule has 1 aromatic carbocycles. The van der Waals surface area contributed by atoms with Crippen LogP contribution in [0.4, 0.5) is 0 Å². The van der Waals surface area contributed by atoms with E-state index in [9.17, 15) is 0 Å². The van der Waals surface area contributed by atoms with E-state index >= 15 is 0 Å². The number of rotatable bonds is 5. The highest BCUT2D eigenvalue weighted by Gasteiger charge is 2.33. The predicted octanol–water partition coefficient (Wildman–Crippen LogP) is 2.57. The lowest BCUT2D eigenvalue weighted by Crippen LogP contribution is -2.05. The normalized spacial score (nSPS) is 17.5. The Morgan fingerprint density at radius 2 is 2.13 bits per heavy atom. The van der Waals surface area contributed by atoms with Crippen LogP contribution in [0.15, 0.2) is 24.3 Å². The average Bonchev–Trinajstić information content (AvgIpc) is 3.10. The fourth-order valence-corrected chi connectivity index (χ4v) is 2.26. The van der Waals surface area contributed by atoms with E-state index in [0.717, 1.165) is 18.1 Å². The topological polar surface area (TPSA) is 29.5 Å². The van der Waals surface area contributed by atoms with E-state index in [-0.39, 0.29) is 6.61 Å². The number of ether oxygens (including phenoxy) is 1. The van der Waals surface area contributed by atoms with E-state index < -0.39 is 0 Å². The minimum absolute atomic E-state index is 0.263. The highest BCUT2D eigenvalue weighted by atomic mass is 16.5. The minimum atomic E-state index is 0.263. The van der Waals surface area contributed by atoms with Crippen molar-refractivity contribution in [2.45, 2.75) is 25.2 Å².